The average Bonchev–Trinajstić information content (AvgIpc) is 2.65. The van der Waals surface area contributed by atoms with Gasteiger partial charge in [-0.1, -0.05) is 12.1 Å². The van der Waals surface area contributed by atoms with Gasteiger partial charge in [-0.15, -0.1) is 0 Å². The van der Waals surface area contributed by atoms with Crippen LogP contribution in [0.5, 0.6) is 0 Å². The van der Waals surface area contributed by atoms with E-state index in [4.69, 9.17) is 0 Å². The molecule has 2 aromatic rings. The van der Waals surface area contributed by atoms with E-state index < -0.39 is 0 Å². The van der Waals surface area contributed by atoms with E-state index in [0.29, 0.717) is 12.2 Å². The molecule has 2 N–H and O–H groups in total. The van der Waals surface area contributed by atoms with E-state index in [9.17, 15) is 4.79 Å². The first-order valence-electron chi connectivity index (χ1n) is 6.51. The zero-order chi connectivity index (χ0) is 14.0. The van der Waals surface area contributed by atoms with Crippen molar-refractivity contribution in [2.24, 2.45) is 0 Å². The Morgan fingerprint density at radius 2 is 2.05 bits per heavy atom. The summed E-state index contributed by atoms with van der Waals surface area (Å²) in [5, 5.41) is 4.05. The van der Waals surface area contributed by atoms with Gasteiger partial charge in [0.05, 0.1) is 0 Å². The predicted molar refractivity (Wildman–Crippen MR) is 78.7 cm³/mol. The van der Waals surface area contributed by atoms with Crippen LogP contribution in [0.4, 0.5) is 0 Å². The van der Waals surface area contributed by atoms with Crippen LogP contribution < -0.4 is 5.32 Å². The number of fused-ring (bicyclic) bond motifs is 1. The quantitative estimate of drug-likeness (QED) is 0.883. The van der Waals surface area contributed by atoms with E-state index in [1.807, 2.05) is 32.8 Å². The summed E-state index contributed by atoms with van der Waals surface area (Å²) >= 11 is 0. The summed E-state index contributed by atoms with van der Waals surface area (Å²) in [7, 11) is 3.98. The molecule has 1 aromatic heterocycles. The molecule has 0 radical (unpaired) electrons. The number of aromatic amines is 1. The average molecular weight is 259 g/mol. The zero-order valence-electron chi connectivity index (χ0n) is 12.0. The molecular weight excluding hydrogens is 238 g/mol. The zero-order valence-corrected chi connectivity index (χ0v) is 12.0. The summed E-state index contributed by atoms with van der Waals surface area (Å²) < 4.78 is 0. The number of H-pyrrole nitrogens is 1. The lowest BCUT2D eigenvalue weighted by Crippen LogP contribution is -2.31. The number of aryl methyl sites for hydroxylation is 2. The maximum Gasteiger partial charge on any atom is 0.268 e. The molecule has 102 valence electrons. The smallest absolute Gasteiger partial charge is 0.268 e. The Morgan fingerprint density at radius 3 is 2.74 bits per heavy atom. The van der Waals surface area contributed by atoms with Crippen molar-refractivity contribution < 1.29 is 4.79 Å². The number of amides is 1. The number of carbonyl (C=O) groups excluding carboxylic acids is 1. The van der Waals surface area contributed by atoms with Crippen molar-refractivity contribution in [2.75, 3.05) is 27.2 Å². The highest BCUT2D eigenvalue weighted by molar-refractivity contribution is 6.00. The number of carbonyl (C=O) groups is 1. The van der Waals surface area contributed by atoms with Gasteiger partial charge in [0.1, 0.15) is 5.69 Å². The molecule has 4 heteroatoms. The third kappa shape index (κ3) is 2.96. The number of benzene rings is 1. The van der Waals surface area contributed by atoms with Crippen LogP contribution in [-0.4, -0.2) is 43.0 Å². The molecule has 0 spiro atoms. The maximum atomic E-state index is 12.1. The first-order chi connectivity index (χ1) is 8.99. The minimum absolute atomic E-state index is 0.0341. The number of nitrogens with zero attached hydrogens (tertiary/aromatic N) is 1. The standard InChI is InChI=1S/C15H21N3O/c1-10-5-6-12-11(2)14(17-13(12)9-10)15(19)16-7-8-18(3)4/h5-6,9,17H,7-8H2,1-4H3,(H,16,19). The molecular formula is C15H21N3O. The second kappa shape index (κ2) is 5.45. The Kier molecular flexibility index (Phi) is 3.90. The summed E-state index contributed by atoms with van der Waals surface area (Å²) in [6.07, 6.45) is 0. The molecule has 0 saturated heterocycles. The van der Waals surface area contributed by atoms with E-state index in [-0.39, 0.29) is 5.91 Å². The molecule has 1 heterocycles. The minimum Gasteiger partial charge on any atom is -0.350 e. The summed E-state index contributed by atoms with van der Waals surface area (Å²) in [6, 6.07) is 6.20. The lowest BCUT2D eigenvalue weighted by Gasteiger charge is -2.10. The van der Waals surface area contributed by atoms with Gasteiger partial charge in [0.15, 0.2) is 0 Å². The number of hydrogen-bond acceptors (Lipinski definition) is 2. The van der Waals surface area contributed by atoms with Crippen molar-refractivity contribution in [2.45, 2.75) is 13.8 Å². The molecule has 0 aliphatic carbocycles. The number of aromatic nitrogens is 1. The van der Waals surface area contributed by atoms with Crippen LogP contribution in [0.15, 0.2) is 18.2 Å². The SMILES string of the molecule is Cc1ccc2c(C)c(C(=O)NCCN(C)C)[nH]c2c1. The van der Waals surface area contributed by atoms with E-state index in [2.05, 4.69) is 28.5 Å². The Labute approximate surface area is 113 Å². The monoisotopic (exact) mass is 259 g/mol. The molecule has 0 aliphatic heterocycles. The number of rotatable bonds is 4. The molecule has 0 fully saturated rings. The molecule has 0 saturated carbocycles. The van der Waals surface area contributed by atoms with Gasteiger partial charge >= 0.3 is 0 Å². The van der Waals surface area contributed by atoms with Gasteiger partial charge in [0.2, 0.25) is 0 Å². The highest BCUT2D eigenvalue weighted by Crippen LogP contribution is 2.22. The second-order valence-corrected chi connectivity index (χ2v) is 5.23. The number of likely N-dealkylation sites (N-methyl/N-ethyl adjacent to an activating group) is 1. The van der Waals surface area contributed by atoms with Gasteiger partial charge in [-0.25, -0.2) is 0 Å². The van der Waals surface area contributed by atoms with Crippen LogP contribution in [0.25, 0.3) is 10.9 Å². The van der Waals surface area contributed by atoms with Crippen molar-refractivity contribution in [3.63, 3.8) is 0 Å². The van der Waals surface area contributed by atoms with Crippen LogP contribution in [0.1, 0.15) is 21.6 Å². The van der Waals surface area contributed by atoms with Gasteiger partial charge in [0.25, 0.3) is 5.91 Å². The van der Waals surface area contributed by atoms with Gasteiger partial charge in [-0.05, 0) is 45.1 Å². The summed E-state index contributed by atoms with van der Waals surface area (Å²) in [5.41, 5.74) is 3.89. The maximum absolute atomic E-state index is 12.1. The lowest BCUT2D eigenvalue weighted by atomic mass is 10.1. The molecule has 1 amide bonds. The second-order valence-electron chi connectivity index (χ2n) is 5.23. The van der Waals surface area contributed by atoms with Gasteiger partial charge in [0, 0.05) is 24.0 Å². The Bertz CT molecular complexity index is 599. The van der Waals surface area contributed by atoms with Crippen LogP contribution in [0, 0.1) is 13.8 Å². The number of hydrogen-bond donors (Lipinski definition) is 2. The van der Waals surface area contributed by atoms with Crippen LogP contribution in [0.3, 0.4) is 0 Å². The molecule has 0 aliphatic rings. The number of nitrogens with one attached hydrogen (secondary N) is 2. The lowest BCUT2D eigenvalue weighted by molar-refractivity contribution is 0.0946. The summed E-state index contributed by atoms with van der Waals surface area (Å²) in [6.45, 7) is 5.52. The first-order valence-corrected chi connectivity index (χ1v) is 6.51. The van der Waals surface area contributed by atoms with Crippen LogP contribution in [0.2, 0.25) is 0 Å². The Morgan fingerprint density at radius 1 is 1.32 bits per heavy atom. The fraction of sp³-hybridized carbons (Fsp3) is 0.400. The molecule has 1 aromatic carbocycles. The van der Waals surface area contributed by atoms with Crippen LogP contribution >= 0.6 is 0 Å². The van der Waals surface area contributed by atoms with Crippen molar-refractivity contribution in [1.29, 1.82) is 0 Å². The van der Waals surface area contributed by atoms with Gasteiger partial charge < -0.3 is 15.2 Å². The molecule has 4 nitrogen and oxygen atoms in total. The highest BCUT2D eigenvalue weighted by Gasteiger charge is 2.14. The first kappa shape index (κ1) is 13.6. The third-order valence-electron chi connectivity index (χ3n) is 3.29. The Hall–Kier alpha value is -1.81. The van der Waals surface area contributed by atoms with Crippen molar-refractivity contribution in [3.8, 4) is 0 Å². The van der Waals surface area contributed by atoms with Crippen molar-refractivity contribution in [3.05, 3.63) is 35.0 Å². The van der Waals surface area contributed by atoms with E-state index in [0.717, 1.165) is 23.0 Å². The van der Waals surface area contributed by atoms with Gasteiger partial charge in [-0.2, -0.15) is 0 Å². The molecule has 2 rings (SSSR count). The fourth-order valence-corrected chi connectivity index (χ4v) is 2.16. The van der Waals surface area contributed by atoms with E-state index >= 15 is 0 Å². The largest absolute Gasteiger partial charge is 0.350 e. The molecule has 0 bridgehead atoms. The Balaban J connectivity index is 2.20. The van der Waals surface area contributed by atoms with E-state index in [1.165, 1.54) is 5.56 Å². The predicted octanol–water partition coefficient (Wildman–Crippen LogP) is 2.08. The topological polar surface area (TPSA) is 48.1 Å². The third-order valence-corrected chi connectivity index (χ3v) is 3.29. The normalized spacial score (nSPS) is 11.2. The summed E-state index contributed by atoms with van der Waals surface area (Å²) in [5.74, 6) is -0.0341. The minimum atomic E-state index is -0.0341. The van der Waals surface area contributed by atoms with Crippen molar-refractivity contribution >= 4 is 16.8 Å². The fourth-order valence-electron chi connectivity index (χ4n) is 2.16. The highest BCUT2D eigenvalue weighted by atomic mass is 16.1. The molecule has 19 heavy (non-hydrogen) atoms. The molecule has 0 atom stereocenters. The van der Waals surface area contributed by atoms with Crippen molar-refractivity contribution in [1.82, 2.24) is 15.2 Å². The van der Waals surface area contributed by atoms with E-state index in [1.54, 1.807) is 0 Å². The van der Waals surface area contributed by atoms with Crippen LogP contribution in [-0.2, 0) is 0 Å². The molecule has 0 unspecified atom stereocenters. The summed E-state index contributed by atoms with van der Waals surface area (Å²) in [4.78, 5) is 17.4. The van der Waals surface area contributed by atoms with Gasteiger partial charge in [-0.3, -0.25) is 4.79 Å².